The molecule has 1 aliphatic rings. The lowest BCUT2D eigenvalue weighted by molar-refractivity contribution is 0.102. The number of aromatic nitrogens is 2. The van der Waals surface area contributed by atoms with E-state index in [2.05, 4.69) is 58.4 Å². The Bertz CT molecular complexity index is 1390. The van der Waals surface area contributed by atoms with Crippen molar-refractivity contribution >= 4 is 29.2 Å². The standard InChI is InChI=1S/C31H32FN5OS/c1-2-27-20-29(37-17-15-36(16-18-37)21-23-7-4-3-5-8-23)35-31(34-27)39-22-24-9-6-10-25(19-24)30(38)33-28-13-11-26(32)12-14-28/h3-14,19-20H,2,15-18,21-22H2,1H3,(H,33,38). The molecule has 0 radical (unpaired) electrons. The van der Waals surface area contributed by atoms with Crippen molar-refractivity contribution in [1.82, 2.24) is 14.9 Å². The third kappa shape index (κ3) is 7.43. The van der Waals surface area contributed by atoms with Crippen molar-refractivity contribution in [1.29, 1.82) is 0 Å². The summed E-state index contributed by atoms with van der Waals surface area (Å²) in [6.07, 6.45) is 0.843. The molecule has 5 rings (SSSR count). The van der Waals surface area contributed by atoms with Crippen LogP contribution in [0.15, 0.2) is 90.1 Å². The summed E-state index contributed by atoms with van der Waals surface area (Å²) in [7, 11) is 0. The molecular weight excluding hydrogens is 509 g/mol. The van der Waals surface area contributed by atoms with Gasteiger partial charge in [0.25, 0.3) is 5.91 Å². The number of carbonyl (C=O) groups is 1. The van der Waals surface area contributed by atoms with Crippen LogP contribution in [0.3, 0.4) is 0 Å². The molecule has 1 amide bonds. The Morgan fingerprint density at radius 1 is 0.897 bits per heavy atom. The van der Waals surface area contributed by atoms with E-state index in [4.69, 9.17) is 9.97 Å². The van der Waals surface area contributed by atoms with Gasteiger partial charge >= 0.3 is 0 Å². The minimum Gasteiger partial charge on any atom is -0.354 e. The second kappa shape index (κ2) is 12.9. The monoisotopic (exact) mass is 541 g/mol. The van der Waals surface area contributed by atoms with Crippen molar-refractivity contribution in [2.24, 2.45) is 0 Å². The number of halogens is 1. The third-order valence-electron chi connectivity index (χ3n) is 6.71. The Morgan fingerprint density at radius 2 is 1.64 bits per heavy atom. The van der Waals surface area contributed by atoms with Crippen LogP contribution < -0.4 is 10.2 Å². The smallest absolute Gasteiger partial charge is 0.255 e. The van der Waals surface area contributed by atoms with Gasteiger partial charge in [-0.05, 0) is 53.9 Å². The van der Waals surface area contributed by atoms with Crippen LogP contribution in [-0.4, -0.2) is 47.0 Å². The Labute approximate surface area is 233 Å². The van der Waals surface area contributed by atoms with Crippen molar-refractivity contribution in [2.75, 3.05) is 36.4 Å². The number of carbonyl (C=O) groups excluding carboxylic acids is 1. The van der Waals surface area contributed by atoms with Crippen LogP contribution in [0, 0.1) is 5.82 Å². The zero-order chi connectivity index (χ0) is 27.0. The lowest BCUT2D eigenvalue weighted by Gasteiger charge is -2.35. The molecule has 200 valence electrons. The Balaban J connectivity index is 1.20. The number of nitrogens with zero attached hydrogens (tertiary/aromatic N) is 4. The minimum atomic E-state index is -0.338. The van der Waals surface area contributed by atoms with Crippen LogP contribution in [0.2, 0.25) is 0 Å². The van der Waals surface area contributed by atoms with Crippen LogP contribution in [0.4, 0.5) is 15.9 Å². The molecule has 0 atom stereocenters. The molecule has 3 aromatic carbocycles. The molecule has 1 aliphatic heterocycles. The first kappa shape index (κ1) is 26.8. The lowest BCUT2D eigenvalue weighted by Crippen LogP contribution is -2.46. The van der Waals surface area contributed by atoms with Gasteiger partial charge in [-0.3, -0.25) is 9.69 Å². The molecule has 0 bridgehead atoms. The topological polar surface area (TPSA) is 61.4 Å². The summed E-state index contributed by atoms with van der Waals surface area (Å²) in [5.74, 6) is 1.06. The Morgan fingerprint density at radius 3 is 2.38 bits per heavy atom. The number of nitrogens with one attached hydrogen (secondary N) is 1. The molecule has 8 heteroatoms. The molecule has 0 aliphatic carbocycles. The van der Waals surface area contributed by atoms with Crippen LogP contribution in [0.1, 0.15) is 34.1 Å². The molecule has 2 heterocycles. The molecular formula is C31H32FN5OS. The highest BCUT2D eigenvalue weighted by Crippen LogP contribution is 2.25. The van der Waals surface area contributed by atoms with Gasteiger partial charge in [0, 0.05) is 61.5 Å². The van der Waals surface area contributed by atoms with E-state index in [1.165, 1.54) is 17.7 Å². The molecule has 39 heavy (non-hydrogen) atoms. The van der Waals surface area contributed by atoms with Crippen molar-refractivity contribution < 1.29 is 9.18 Å². The summed E-state index contributed by atoms with van der Waals surface area (Å²) >= 11 is 1.58. The van der Waals surface area contributed by atoms with Crippen molar-refractivity contribution in [2.45, 2.75) is 30.8 Å². The van der Waals surface area contributed by atoms with E-state index in [1.807, 2.05) is 18.2 Å². The predicted octanol–water partition coefficient (Wildman–Crippen LogP) is 6.04. The number of benzene rings is 3. The highest BCUT2D eigenvalue weighted by Gasteiger charge is 2.19. The number of anilines is 2. The SMILES string of the molecule is CCc1cc(N2CCN(Cc3ccccc3)CC2)nc(SCc2cccc(C(=O)Nc3ccc(F)cc3)c2)n1. The summed E-state index contributed by atoms with van der Waals surface area (Å²) in [5, 5.41) is 3.56. The van der Waals surface area contributed by atoms with E-state index in [0.29, 0.717) is 17.0 Å². The normalized spacial score (nSPS) is 13.8. The fourth-order valence-electron chi connectivity index (χ4n) is 4.53. The Hall–Kier alpha value is -3.75. The Kier molecular flexibility index (Phi) is 8.85. The molecule has 1 N–H and O–H groups in total. The van der Waals surface area contributed by atoms with Crippen LogP contribution in [0.25, 0.3) is 0 Å². The maximum absolute atomic E-state index is 13.2. The predicted molar refractivity (Wildman–Crippen MR) is 156 cm³/mol. The number of amides is 1. The zero-order valence-electron chi connectivity index (χ0n) is 22.0. The fourth-order valence-corrected chi connectivity index (χ4v) is 5.35. The summed E-state index contributed by atoms with van der Waals surface area (Å²) < 4.78 is 13.2. The van der Waals surface area contributed by atoms with Crippen molar-refractivity contribution in [3.05, 3.63) is 113 Å². The zero-order valence-corrected chi connectivity index (χ0v) is 22.8. The maximum Gasteiger partial charge on any atom is 0.255 e. The number of aryl methyl sites for hydroxylation is 1. The number of hydrogen-bond acceptors (Lipinski definition) is 6. The number of rotatable bonds is 9. The average Bonchev–Trinajstić information content (AvgIpc) is 2.98. The van der Waals surface area contributed by atoms with Crippen molar-refractivity contribution in [3.8, 4) is 0 Å². The number of hydrogen-bond donors (Lipinski definition) is 1. The molecule has 0 saturated carbocycles. The molecule has 6 nitrogen and oxygen atoms in total. The van der Waals surface area contributed by atoms with Gasteiger partial charge < -0.3 is 10.2 Å². The van der Waals surface area contributed by atoms with Crippen LogP contribution >= 0.6 is 11.8 Å². The average molecular weight is 542 g/mol. The molecule has 1 aromatic heterocycles. The van der Waals surface area contributed by atoms with E-state index >= 15 is 0 Å². The first-order valence-corrected chi connectivity index (χ1v) is 14.2. The largest absolute Gasteiger partial charge is 0.354 e. The van der Waals surface area contributed by atoms with E-state index < -0.39 is 0 Å². The minimum absolute atomic E-state index is 0.230. The third-order valence-corrected chi connectivity index (χ3v) is 7.63. The van der Waals surface area contributed by atoms with Gasteiger partial charge in [0.15, 0.2) is 5.16 Å². The quantitative estimate of drug-likeness (QED) is 0.206. The molecule has 1 saturated heterocycles. The van der Waals surface area contributed by atoms with Crippen molar-refractivity contribution in [3.63, 3.8) is 0 Å². The molecule has 0 unspecified atom stereocenters. The molecule has 4 aromatic rings. The summed E-state index contributed by atoms with van der Waals surface area (Å²) in [6.45, 7) is 6.94. The van der Waals surface area contributed by atoms with Gasteiger partial charge in [0.2, 0.25) is 0 Å². The summed E-state index contributed by atoms with van der Waals surface area (Å²) in [5.41, 5.74) is 4.49. The van der Waals surface area contributed by atoms with E-state index in [1.54, 1.807) is 30.0 Å². The van der Waals surface area contributed by atoms with E-state index in [-0.39, 0.29) is 11.7 Å². The fraction of sp³-hybridized carbons (Fsp3) is 0.258. The van der Waals surface area contributed by atoms with Gasteiger partial charge in [0.05, 0.1) is 0 Å². The second-order valence-corrected chi connectivity index (χ2v) is 10.5. The summed E-state index contributed by atoms with van der Waals surface area (Å²) in [6, 6.07) is 26.0. The van der Waals surface area contributed by atoms with Gasteiger partial charge in [-0.25, -0.2) is 14.4 Å². The van der Waals surface area contributed by atoms with Crippen LogP contribution in [0.5, 0.6) is 0 Å². The van der Waals surface area contributed by atoms with E-state index in [0.717, 1.165) is 61.4 Å². The van der Waals surface area contributed by atoms with Gasteiger partial charge in [0.1, 0.15) is 11.6 Å². The highest BCUT2D eigenvalue weighted by atomic mass is 32.2. The first-order chi connectivity index (χ1) is 19.1. The maximum atomic E-state index is 13.2. The number of thioether (sulfide) groups is 1. The number of piperazine rings is 1. The van der Waals surface area contributed by atoms with Gasteiger partial charge in [-0.1, -0.05) is 61.2 Å². The highest BCUT2D eigenvalue weighted by molar-refractivity contribution is 7.98. The van der Waals surface area contributed by atoms with Gasteiger partial charge in [-0.15, -0.1) is 0 Å². The van der Waals surface area contributed by atoms with Gasteiger partial charge in [-0.2, -0.15) is 0 Å². The lowest BCUT2D eigenvalue weighted by atomic mass is 10.1. The second-order valence-electron chi connectivity index (χ2n) is 9.55. The molecule has 1 fully saturated rings. The van der Waals surface area contributed by atoms with E-state index in [9.17, 15) is 9.18 Å². The summed E-state index contributed by atoms with van der Waals surface area (Å²) in [4.78, 5) is 27.2. The molecule has 0 spiro atoms. The van der Waals surface area contributed by atoms with Crippen LogP contribution in [-0.2, 0) is 18.7 Å². The first-order valence-electron chi connectivity index (χ1n) is 13.2.